The molecule has 0 spiro atoms. The van der Waals surface area contributed by atoms with E-state index in [2.05, 4.69) is 18.2 Å². The summed E-state index contributed by atoms with van der Waals surface area (Å²) in [5.41, 5.74) is 1.31. The monoisotopic (exact) mass is 282 g/mol. The molecule has 1 atom stereocenters. The highest BCUT2D eigenvalue weighted by Gasteiger charge is 2.22. The Morgan fingerprint density at radius 3 is 2.68 bits per heavy atom. The van der Waals surface area contributed by atoms with Crippen LogP contribution in [0.4, 0.5) is 0 Å². The Morgan fingerprint density at radius 2 is 2.00 bits per heavy atom. The van der Waals surface area contributed by atoms with Gasteiger partial charge in [-0.3, -0.25) is 0 Å². The summed E-state index contributed by atoms with van der Waals surface area (Å²) in [5, 5.41) is 1.23. The summed E-state index contributed by atoms with van der Waals surface area (Å²) in [6.45, 7) is 2.37. The van der Waals surface area contributed by atoms with Crippen molar-refractivity contribution in [2.45, 2.75) is 18.9 Å². The van der Waals surface area contributed by atoms with Crippen LogP contribution < -0.4 is 5.19 Å². The maximum Gasteiger partial charge on any atom is 0.355 e. The molecule has 0 radical (unpaired) electrons. The molecule has 2 rings (SSSR count). The third-order valence-corrected chi connectivity index (χ3v) is 5.11. The molecule has 19 heavy (non-hydrogen) atoms. The molecule has 0 amide bonds. The van der Waals surface area contributed by atoms with Crippen LogP contribution in [0.15, 0.2) is 24.3 Å². The fourth-order valence-electron chi connectivity index (χ4n) is 2.09. The fraction of sp³-hybridized carbons (Fsp3) is 0.571. The largest absolute Gasteiger partial charge is 0.397 e. The molecule has 1 fully saturated rings. The van der Waals surface area contributed by atoms with Gasteiger partial charge in [0.15, 0.2) is 0 Å². The molecular weight excluding hydrogens is 260 g/mol. The minimum atomic E-state index is -1.72. The van der Waals surface area contributed by atoms with Crippen LogP contribution in [0.25, 0.3) is 0 Å². The highest BCUT2D eigenvalue weighted by molar-refractivity contribution is 6.61. The van der Waals surface area contributed by atoms with Crippen LogP contribution in [0.1, 0.15) is 12.0 Å². The van der Waals surface area contributed by atoms with Gasteiger partial charge in [0.1, 0.15) is 6.10 Å². The van der Waals surface area contributed by atoms with Crippen LogP contribution in [0.5, 0.6) is 0 Å². The average Bonchev–Trinajstić information content (AvgIpc) is 3.25. The van der Waals surface area contributed by atoms with E-state index >= 15 is 0 Å². The highest BCUT2D eigenvalue weighted by Crippen LogP contribution is 2.09. The Balaban J connectivity index is 1.80. The normalized spacial score (nSPS) is 17.9. The van der Waals surface area contributed by atoms with Crippen molar-refractivity contribution < 1.29 is 18.3 Å². The zero-order valence-corrected chi connectivity index (χ0v) is 12.8. The molecule has 1 aliphatic rings. The summed E-state index contributed by atoms with van der Waals surface area (Å²) >= 11 is 0. The van der Waals surface area contributed by atoms with Crippen molar-refractivity contribution in [3.63, 3.8) is 0 Å². The van der Waals surface area contributed by atoms with E-state index in [1.807, 2.05) is 6.07 Å². The number of hydrogen-bond acceptors (Lipinski definition) is 4. The second kappa shape index (κ2) is 7.77. The molecule has 1 saturated heterocycles. The molecular formula is C14H22O4Si. The van der Waals surface area contributed by atoms with Crippen molar-refractivity contribution in [2.24, 2.45) is 0 Å². The summed E-state index contributed by atoms with van der Waals surface area (Å²) in [6.07, 6.45) is 2.36. The smallest absolute Gasteiger partial charge is 0.355 e. The molecule has 0 aromatic heterocycles. The van der Waals surface area contributed by atoms with Gasteiger partial charge in [-0.25, -0.2) is 0 Å². The van der Waals surface area contributed by atoms with E-state index in [0.717, 1.165) is 32.7 Å². The van der Waals surface area contributed by atoms with Crippen LogP contribution in [-0.4, -0.2) is 49.4 Å². The number of epoxide rings is 1. The van der Waals surface area contributed by atoms with Gasteiger partial charge in [0, 0.05) is 20.8 Å². The number of ether oxygens (including phenoxy) is 2. The summed E-state index contributed by atoms with van der Waals surface area (Å²) in [5.74, 6) is 0. The molecule has 4 nitrogen and oxygen atoms in total. The summed E-state index contributed by atoms with van der Waals surface area (Å²) < 4.78 is 21.6. The molecule has 0 aliphatic carbocycles. The molecule has 5 heteroatoms. The van der Waals surface area contributed by atoms with Crippen LogP contribution in [-0.2, 0) is 24.7 Å². The van der Waals surface area contributed by atoms with Crippen molar-refractivity contribution in [1.82, 2.24) is 0 Å². The molecule has 1 aromatic rings. The Morgan fingerprint density at radius 1 is 1.26 bits per heavy atom. The lowest BCUT2D eigenvalue weighted by atomic mass is 10.1. The van der Waals surface area contributed by atoms with E-state index in [1.54, 1.807) is 14.2 Å². The molecule has 0 bridgehead atoms. The summed E-state index contributed by atoms with van der Waals surface area (Å²) in [4.78, 5) is 0. The van der Waals surface area contributed by atoms with Crippen molar-refractivity contribution in [3.05, 3.63) is 29.8 Å². The standard InChI is InChI=1S/C14H22O4Si/c1-15-19(16-2)14-8-4-3-6-12(14)7-5-9-17-10-13-11-18-13/h3-4,6,8,13,19H,5,7,9-11H2,1-2H3. The lowest BCUT2D eigenvalue weighted by Gasteiger charge is -2.15. The molecule has 0 N–H and O–H groups in total. The van der Waals surface area contributed by atoms with Crippen LogP contribution in [0.2, 0.25) is 0 Å². The van der Waals surface area contributed by atoms with Crippen LogP contribution in [0, 0.1) is 0 Å². The van der Waals surface area contributed by atoms with Crippen molar-refractivity contribution >= 4 is 14.5 Å². The lowest BCUT2D eigenvalue weighted by Crippen LogP contribution is -2.37. The van der Waals surface area contributed by atoms with Gasteiger partial charge in [0.2, 0.25) is 0 Å². The lowest BCUT2D eigenvalue weighted by molar-refractivity contribution is 0.114. The molecule has 0 saturated carbocycles. The van der Waals surface area contributed by atoms with Crippen LogP contribution in [0.3, 0.4) is 0 Å². The van der Waals surface area contributed by atoms with Gasteiger partial charge in [-0.05, 0) is 23.6 Å². The Kier molecular flexibility index (Phi) is 6.00. The third kappa shape index (κ3) is 4.70. The van der Waals surface area contributed by atoms with E-state index in [0.29, 0.717) is 6.10 Å². The molecule has 1 heterocycles. The molecule has 1 unspecified atom stereocenters. The van der Waals surface area contributed by atoms with E-state index in [-0.39, 0.29) is 0 Å². The SMILES string of the molecule is CO[SiH](OC)c1ccccc1CCCOCC1CO1. The van der Waals surface area contributed by atoms with Crippen molar-refractivity contribution in [3.8, 4) is 0 Å². The maximum atomic E-state index is 5.56. The zero-order valence-electron chi connectivity index (χ0n) is 11.6. The molecule has 1 aliphatic heterocycles. The van der Waals surface area contributed by atoms with Gasteiger partial charge in [-0.15, -0.1) is 0 Å². The second-order valence-electron chi connectivity index (χ2n) is 4.64. The van der Waals surface area contributed by atoms with E-state index in [4.69, 9.17) is 18.3 Å². The fourth-order valence-corrected chi connectivity index (χ4v) is 3.60. The topological polar surface area (TPSA) is 40.2 Å². The highest BCUT2D eigenvalue weighted by atomic mass is 28.3. The van der Waals surface area contributed by atoms with Gasteiger partial charge < -0.3 is 18.3 Å². The molecule has 106 valence electrons. The first kappa shape index (κ1) is 14.7. The minimum Gasteiger partial charge on any atom is -0.397 e. The second-order valence-corrected chi connectivity index (χ2v) is 6.86. The van der Waals surface area contributed by atoms with Gasteiger partial charge in [0.25, 0.3) is 0 Å². The Hall–Kier alpha value is -0.723. The predicted octanol–water partition coefficient (Wildman–Crippen LogP) is 0.755. The van der Waals surface area contributed by atoms with E-state index in [9.17, 15) is 0 Å². The quantitative estimate of drug-likeness (QED) is 0.381. The number of benzene rings is 1. The predicted molar refractivity (Wildman–Crippen MR) is 76.1 cm³/mol. The number of aryl methyl sites for hydroxylation is 1. The summed E-state index contributed by atoms with van der Waals surface area (Å²) in [7, 11) is 1.72. The van der Waals surface area contributed by atoms with Crippen LogP contribution >= 0.6 is 0 Å². The first-order chi connectivity index (χ1) is 9.35. The maximum absolute atomic E-state index is 5.56. The Labute approximate surface area is 116 Å². The van der Waals surface area contributed by atoms with Gasteiger partial charge >= 0.3 is 9.28 Å². The Bertz CT molecular complexity index is 377. The molecule has 1 aromatic carbocycles. The summed E-state index contributed by atoms with van der Waals surface area (Å²) in [6, 6.07) is 8.36. The van der Waals surface area contributed by atoms with Crippen molar-refractivity contribution in [1.29, 1.82) is 0 Å². The first-order valence-electron chi connectivity index (χ1n) is 6.68. The minimum absolute atomic E-state index is 0.353. The third-order valence-electron chi connectivity index (χ3n) is 3.18. The van der Waals surface area contributed by atoms with E-state index in [1.165, 1.54) is 10.8 Å². The van der Waals surface area contributed by atoms with Gasteiger partial charge in [0.05, 0.1) is 13.2 Å². The van der Waals surface area contributed by atoms with Gasteiger partial charge in [-0.1, -0.05) is 24.3 Å². The first-order valence-corrected chi connectivity index (χ1v) is 8.20. The average molecular weight is 282 g/mol. The van der Waals surface area contributed by atoms with E-state index < -0.39 is 9.28 Å². The van der Waals surface area contributed by atoms with Gasteiger partial charge in [-0.2, -0.15) is 0 Å². The van der Waals surface area contributed by atoms with Crippen molar-refractivity contribution in [2.75, 3.05) is 34.0 Å². The zero-order chi connectivity index (χ0) is 13.5. The number of rotatable bonds is 9. The number of hydrogen-bond donors (Lipinski definition) is 0.